The highest BCUT2D eigenvalue weighted by atomic mass is 16.2. The van der Waals surface area contributed by atoms with Gasteiger partial charge in [0.05, 0.1) is 7.05 Å². The molecular weight excluding hydrogens is 78.1 g/mol. The van der Waals surface area contributed by atoms with E-state index in [0.29, 0.717) is 0 Å². The highest BCUT2D eigenvalue weighted by molar-refractivity contribution is 4.07. The maximum absolute atomic E-state index is 9.30. The predicted molar refractivity (Wildman–Crippen MR) is 24.0 cm³/mol. The highest BCUT2D eigenvalue weighted by Gasteiger charge is 1.45. The third kappa shape index (κ3) is 39.5. The molecule has 0 bridgehead atoms. The second kappa shape index (κ2) is 20.5. The van der Waals surface area contributed by atoms with Crippen LogP contribution in [0.4, 0.5) is 0 Å². The van der Waals surface area contributed by atoms with Crippen LogP contribution in [0.25, 0.3) is 0 Å². The van der Waals surface area contributed by atoms with Crippen molar-refractivity contribution >= 4 is 0 Å². The molecule has 0 fully saturated rings. The minimum Gasteiger partial charge on any atom is -0.854 e. The molecule has 0 saturated heterocycles. The van der Waals surface area contributed by atoms with Gasteiger partial charge in [0.1, 0.15) is 0 Å². The van der Waals surface area contributed by atoms with Crippen LogP contribution in [0.2, 0.25) is 0 Å². The Morgan fingerprint density at radius 3 is 1.67 bits per heavy atom. The van der Waals surface area contributed by atoms with E-state index in [4.69, 9.17) is 0 Å². The molecule has 0 radical (unpaired) electrons. The summed E-state index contributed by atoms with van der Waals surface area (Å²) in [4.78, 5) is 0. The first kappa shape index (κ1) is 9.33. The van der Waals surface area contributed by atoms with Crippen LogP contribution < -0.4 is 10.8 Å². The van der Waals surface area contributed by atoms with Gasteiger partial charge in [-0.1, -0.05) is 13.3 Å². The smallest absolute Gasteiger partial charge is 0.0634 e. The number of rotatable bonds is 1. The minimum atomic E-state index is 0.0694. The van der Waals surface area contributed by atoms with Gasteiger partial charge in [0, 0.05) is 0 Å². The molecule has 0 spiro atoms. The van der Waals surface area contributed by atoms with E-state index >= 15 is 0 Å². The summed E-state index contributed by atoms with van der Waals surface area (Å²) in [7, 11) is 1.75. The maximum atomic E-state index is 9.30. The molecule has 0 saturated carbocycles. The van der Waals surface area contributed by atoms with Gasteiger partial charge in [0.15, 0.2) is 0 Å². The van der Waals surface area contributed by atoms with Crippen molar-refractivity contribution in [2.45, 2.75) is 13.3 Å². The normalized spacial score (nSPS) is 6.00. The lowest BCUT2D eigenvalue weighted by molar-refractivity contribution is -0.367. The molecule has 0 aliphatic heterocycles. The van der Waals surface area contributed by atoms with E-state index in [9.17, 15) is 5.11 Å². The SMILES string of the molecule is CCC[O-].C[NH3+]. The Labute approximate surface area is 39.0 Å². The van der Waals surface area contributed by atoms with Crippen molar-refractivity contribution in [3.8, 4) is 0 Å². The summed E-state index contributed by atoms with van der Waals surface area (Å²) >= 11 is 0. The number of hydrogen-bond acceptors (Lipinski definition) is 1. The fourth-order valence-electron chi connectivity index (χ4n) is 0. The summed E-state index contributed by atoms with van der Waals surface area (Å²) in [5.74, 6) is 0. The Bertz CT molecular complexity index is 9.51. The van der Waals surface area contributed by atoms with E-state index in [1.54, 1.807) is 7.05 Å². The third-order valence-corrected chi connectivity index (χ3v) is 0.204. The van der Waals surface area contributed by atoms with Gasteiger partial charge in [0.25, 0.3) is 0 Å². The Morgan fingerprint density at radius 2 is 1.67 bits per heavy atom. The van der Waals surface area contributed by atoms with E-state index < -0.39 is 0 Å². The molecule has 2 nitrogen and oxygen atoms in total. The van der Waals surface area contributed by atoms with Crippen molar-refractivity contribution in [1.29, 1.82) is 0 Å². The Morgan fingerprint density at radius 1 is 1.50 bits per heavy atom. The van der Waals surface area contributed by atoms with Crippen LogP contribution in [0.5, 0.6) is 0 Å². The van der Waals surface area contributed by atoms with Crippen LogP contribution >= 0.6 is 0 Å². The monoisotopic (exact) mass is 91.1 g/mol. The second-order valence-electron chi connectivity index (χ2n) is 0.704. The zero-order valence-electron chi connectivity index (χ0n) is 4.53. The van der Waals surface area contributed by atoms with Crippen molar-refractivity contribution in [1.82, 2.24) is 0 Å². The zero-order chi connectivity index (χ0) is 5.41. The zero-order valence-corrected chi connectivity index (χ0v) is 4.53. The van der Waals surface area contributed by atoms with Gasteiger partial charge >= 0.3 is 0 Å². The standard InChI is InChI=1S/C3H7O.CH5N/c1-2-3-4;1-2/h2-3H2,1H3;2H2,1H3/q-1;/p+1. The molecule has 0 aromatic carbocycles. The molecule has 0 rings (SSSR count). The third-order valence-electron chi connectivity index (χ3n) is 0.204. The molecule has 6 heavy (non-hydrogen) atoms. The number of hydrogen-bond donors (Lipinski definition) is 1. The molecule has 0 amide bonds. The van der Waals surface area contributed by atoms with Crippen LogP contribution in [-0.4, -0.2) is 13.7 Å². The molecule has 0 unspecified atom stereocenters. The molecule has 0 aliphatic carbocycles. The van der Waals surface area contributed by atoms with E-state index in [0.717, 1.165) is 6.42 Å². The van der Waals surface area contributed by atoms with Crippen LogP contribution in [0.1, 0.15) is 13.3 Å². The van der Waals surface area contributed by atoms with Gasteiger partial charge in [0.2, 0.25) is 0 Å². The predicted octanol–water partition coefficient (Wildman–Crippen LogP) is -1.39. The Balaban J connectivity index is 0. The van der Waals surface area contributed by atoms with Crippen molar-refractivity contribution in [3.63, 3.8) is 0 Å². The lowest BCUT2D eigenvalue weighted by atomic mass is 10.5. The van der Waals surface area contributed by atoms with Crippen molar-refractivity contribution in [3.05, 3.63) is 0 Å². The summed E-state index contributed by atoms with van der Waals surface area (Å²) in [5, 5.41) is 9.30. The Kier molecular flexibility index (Phi) is 31.9. The quantitative estimate of drug-likeness (QED) is 0.424. The number of quaternary nitrogens is 1. The molecule has 3 N–H and O–H groups in total. The summed E-state index contributed by atoms with van der Waals surface area (Å²) in [5.41, 5.74) is 3.25. The molecule has 0 heterocycles. The average molecular weight is 91.2 g/mol. The summed E-state index contributed by atoms with van der Waals surface area (Å²) in [6.07, 6.45) is 0.764. The van der Waals surface area contributed by atoms with E-state index in [1.807, 2.05) is 6.92 Å². The lowest BCUT2D eigenvalue weighted by Gasteiger charge is -1.89. The fourth-order valence-corrected chi connectivity index (χ4v) is 0. The van der Waals surface area contributed by atoms with Gasteiger partial charge < -0.3 is 10.8 Å². The first-order chi connectivity index (χ1) is 2.91. The topological polar surface area (TPSA) is 50.7 Å². The van der Waals surface area contributed by atoms with Crippen LogP contribution in [0, 0.1) is 0 Å². The first-order valence-electron chi connectivity index (χ1n) is 2.20. The highest BCUT2D eigenvalue weighted by Crippen LogP contribution is 1.56. The first-order valence-corrected chi connectivity index (χ1v) is 2.20. The van der Waals surface area contributed by atoms with E-state index in [2.05, 4.69) is 5.73 Å². The molecule has 0 atom stereocenters. The van der Waals surface area contributed by atoms with Crippen LogP contribution in [-0.2, 0) is 0 Å². The minimum absolute atomic E-state index is 0.0694. The van der Waals surface area contributed by atoms with Gasteiger partial charge in [-0.15, -0.1) is 6.61 Å². The summed E-state index contributed by atoms with van der Waals surface area (Å²) < 4.78 is 0. The molecule has 0 aliphatic rings. The second-order valence-corrected chi connectivity index (χ2v) is 0.704. The largest absolute Gasteiger partial charge is 0.854 e. The van der Waals surface area contributed by atoms with Crippen LogP contribution in [0.3, 0.4) is 0 Å². The van der Waals surface area contributed by atoms with Crippen molar-refractivity contribution in [2.75, 3.05) is 13.7 Å². The summed E-state index contributed by atoms with van der Waals surface area (Å²) in [6, 6.07) is 0. The maximum Gasteiger partial charge on any atom is 0.0634 e. The van der Waals surface area contributed by atoms with Gasteiger partial charge in [-0.3, -0.25) is 0 Å². The Hall–Kier alpha value is -0.0800. The van der Waals surface area contributed by atoms with Gasteiger partial charge in [-0.05, 0) is 0 Å². The average Bonchev–Trinajstić information content (AvgIpc) is 1.72. The van der Waals surface area contributed by atoms with Gasteiger partial charge in [-0.2, -0.15) is 0 Å². The van der Waals surface area contributed by atoms with E-state index in [-0.39, 0.29) is 6.61 Å². The fraction of sp³-hybridized carbons (Fsp3) is 1.00. The van der Waals surface area contributed by atoms with Gasteiger partial charge in [-0.25, -0.2) is 0 Å². The lowest BCUT2D eigenvalue weighted by Crippen LogP contribution is -2.40. The van der Waals surface area contributed by atoms with E-state index in [1.165, 1.54) is 0 Å². The van der Waals surface area contributed by atoms with Crippen molar-refractivity contribution < 1.29 is 10.8 Å². The molecule has 40 valence electrons. The van der Waals surface area contributed by atoms with Crippen LogP contribution in [0.15, 0.2) is 0 Å². The van der Waals surface area contributed by atoms with Crippen molar-refractivity contribution in [2.24, 2.45) is 0 Å². The molecule has 0 aromatic heterocycles. The molecule has 0 aromatic rings. The summed E-state index contributed by atoms with van der Waals surface area (Å²) in [6.45, 7) is 1.94. The molecule has 2 heteroatoms. The molecular formula is C4H13NO.